The van der Waals surface area contributed by atoms with Gasteiger partial charge in [-0.2, -0.15) is 0 Å². The van der Waals surface area contributed by atoms with Crippen molar-refractivity contribution in [1.82, 2.24) is 0 Å². The molecule has 0 spiro atoms. The van der Waals surface area contributed by atoms with Crippen LogP contribution < -0.4 is 0 Å². The number of carbonyl (C=O) groups excluding carboxylic acids is 1. The fourth-order valence-corrected chi connectivity index (χ4v) is 2.75. The SMILES string of the molecule is COCCCS(=O)CCCC(=O)c1ccc(F)cc1. The molecule has 3 nitrogen and oxygen atoms in total. The van der Waals surface area contributed by atoms with Crippen molar-refractivity contribution in [1.29, 1.82) is 0 Å². The summed E-state index contributed by atoms with van der Waals surface area (Å²) >= 11 is 0. The van der Waals surface area contributed by atoms with Crippen LogP contribution >= 0.6 is 0 Å². The van der Waals surface area contributed by atoms with E-state index in [4.69, 9.17) is 4.74 Å². The summed E-state index contributed by atoms with van der Waals surface area (Å²) in [5.74, 6) is 0.750. The summed E-state index contributed by atoms with van der Waals surface area (Å²) in [6.07, 6.45) is 1.71. The van der Waals surface area contributed by atoms with E-state index in [1.165, 1.54) is 24.3 Å². The quantitative estimate of drug-likeness (QED) is 0.517. The Morgan fingerprint density at radius 2 is 1.84 bits per heavy atom. The summed E-state index contributed by atoms with van der Waals surface area (Å²) in [5, 5.41) is 0. The van der Waals surface area contributed by atoms with E-state index in [-0.39, 0.29) is 11.6 Å². The summed E-state index contributed by atoms with van der Waals surface area (Å²) in [6, 6.07) is 5.51. The molecule has 0 aliphatic rings. The molecule has 0 saturated heterocycles. The molecule has 1 unspecified atom stereocenters. The molecule has 0 saturated carbocycles. The van der Waals surface area contributed by atoms with E-state index in [1.807, 2.05) is 0 Å². The summed E-state index contributed by atoms with van der Waals surface area (Å²) in [4.78, 5) is 11.8. The largest absolute Gasteiger partial charge is 0.385 e. The Balaban J connectivity index is 2.23. The molecule has 1 rings (SSSR count). The van der Waals surface area contributed by atoms with Gasteiger partial charge >= 0.3 is 0 Å². The van der Waals surface area contributed by atoms with E-state index in [0.29, 0.717) is 36.5 Å². The van der Waals surface area contributed by atoms with Crippen LogP contribution in [0.4, 0.5) is 4.39 Å². The van der Waals surface area contributed by atoms with Crippen molar-refractivity contribution < 1.29 is 18.1 Å². The third kappa shape index (κ3) is 6.59. The van der Waals surface area contributed by atoms with Gasteiger partial charge in [0, 0.05) is 48.0 Å². The second-order valence-electron chi connectivity index (χ2n) is 4.23. The summed E-state index contributed by atoms with van der Waals surface area (Å²) in [7, 11) is 0.725. The van der Waals surface area contributed by atoms with Crippen LogP contribution in [0.25, 0.3) is 0 Å². The maximum Gasteiger partial charge on any atom is 0.162 e. The maximum atomic E-state index is 12.7. The van der Waals surface area contributed by atoms with Crippen molar-refractivity contribution in [3.8, 4) is 0 Å². The zero-order valence-corrected chi connectivity index (χ0v) is 11.9. The smallest absolute Gasteiger partial charge is 0.162 e. The molecule has 5 heteroatoms. The van der Waals surface area contributed by atoms with E-state index in [0.717, 1.165) is 6.42 Å². The molecule has 1 aromatic carbocycles. The molecule has 0 N–H and O–H groups in total. The average Bonchev–Trinajstić information content (AvgIpc) is 2.39. The first-order valence-corrected chi connectivity index (χ1v) is 7.75. The fourth-order valence-electron chi connectivity index (χ4n) is 1.64. The van der Waals surface area contributed by atoms with Gasteiger partial charge < -0.3 is 4.74 Å². The third-order valence-corrected chi connectivity index (χ3v) is 4.15. The Labute approximate surface area is 115 Å². The highest BCUT2D eigenvalue weighted by Gasteiger charge is 2.07. The van der Waals surface area contributed by atoms with Gasteiger partial charge in [-0.15, -0.1) is 0 Å². The number of hydrogen-bond donors (Lipinski definition) is 0. The molecule has 0 aromatic heterocycles. The van der Waals surface area contributed by atoms with Gasteiger partial charge in [0.2, 0.25) is 0 Å². The van der Waals surface area contributed by atoms with Crippen molar-refractivity contribution in [3.63, 3.8) is 0 Å². The normalized spacial score (nSPS) is 12.3. The molecule has 1 atom stereocenters. The number of rotatable bonds is 9. The van der Waals surface area contributed by atoms with E-state index >= 15 is 0 Å². The van der Waals surface area contributed by atoms with Gasteiger partial charge in [0.25, 0.3) is 0 Å². The second kappa shape index (κ2) is 8.93. The Morgan fingerprint density at radius 3 is 2.47 bits per heavy atom. The number of hydrogen-bond acceptors (Lipinski definition) is 3. The molecule has 0 fully saturated rings. The first-order chi connectivity index (χ1) is 9.13. The molecule has 1 aromatic rings. The number of methoxy groups -OCH3 is 1. The summed E-state index contributed by atoms with van der Waals surface area (Å²) < 4.78 is 29.2. The van der Waals surface area contributed by atoms with Gasteiger partial charge in [-0.05, 0) is 37.1 Å². The Morgan fingerprint density at radius 1 is 1.21 bits per heavy atom. The Bertz CT molecular complexity index is 417. The minimum atomic E-state index is -0.890. The highest BCUT2D eigenvalue weighted by molar-refractivity contribution is 7.84. The van der Waals surface area contributed by atoms with Crippen molar-refractivity contribution in [3.05, 3.63) is 35.6 Å². The van der Waals surface area contributed by atoms with Crippen molar-refractivity contribution in [2.45, 2.75) is 19.3 Å². The van der Waals surface area contributed by atoms with E-state index < -0.39 is 10.8 Å². The van der Waals surface area contributed by atoms with Crippen LogP contribution in [0.2, 0.25) is 0 Å². The van der Waals surface area contributed by atoms with Crippen molar-refractivity contribution >= 4 is 16.6 Å². The zero-order valence-electron chi connectivity index (χ0n) is 11.1. The number of ether oxygens (including phenoxy) is 1. The van der Waals surface area contributed by atoms with Gasteiger partial charge in [-0.1, -0.05) is 0 Å². The van der Waals surface area contributed by atoms with Crippen LogP contribution in [0.5, 0.6) is 0 Å². The van der Waals surface area contributed by atoms with E-state index in [1.54, 1.807) is 7.11 Å². The predicted molar refractivity (Wildman–Crippen MR) is 74.3 cm³/mol. The minimum absolute atomic E-state index is 0.0334. The number of Topliss-reactive ketones (excluding diaryl/α,β-unsaturated/α-hetero) is 1. The number of carbonyl (C=O) groups is 1. The molecule has 0 bridgehead atoms. The Hall–Kier alpha value is -1.07. The van der Waals surface area contributed by atoms with Crippen molar-refractivity contribution in [2.75, 3.05) is 25.2 Å². The van der Waals surface area contributed by atoms with Gasteiger partial charge in [0.05, 0.1) is 0 Å². The lowest BCUT2D eigenvalue weighted by atomic mass is 10.1. The van der Waals surface area contributed by atoms with E-state index in [2.05, 4.69) is 0 Å². The monoisotopic (exact) mass is 286 g/mol. The standard InChI is InChI=1S/C14H19FO3S/c1-18-9-3-11-19(17)10-2-4-14(16)12-5-7-13(15)8-6-12/h5-8H,2-4,9-11H2,1H3. The predicted octanol–water partition coefficient (Wildman–Crippen LogP) is 2.57. The molecule has 106 valence electrons. The number of halogens is 1. The first-order valence-electron chi connectivity index (χ1n) is 6.26. The second-order valence-corrected chi connectivity index (χ2v) is 5.92. The summed E-state index contributed by atoms with van der Waals surface area (Å²) in [6.45, 7) is 0.611. The van der Waals surface area contributed by atoms with Crippen LogP contribution in [-0.2, 0) is 15.5 Å². The third-order valence-electron chi connectivity index (χ3n) is 2.66. The number of benzene rings is 1. The van der Waals surface area contributed by atoms with Crippen LogP contribution in [0.15, 0.2) is 24.3 Å². The van der Waals surface area contributed by atoms with Crippen LogP contribution in [-0.4, -0.2) is 35.2 Å². The highest BCUT2D eigenvalue weighted by Crippen LogP contribution is 2.08. The van der Waals surface area contributed by atoms with Crippen LogP contribution in [0.1, 0.15) is 29.6 Å². The Kier molecular flexibility index (Phi) is 7.52. The average molecular weight is 286 g/mol. The fraction of sp³-hybridized carbons (Fsp3) is 0.500. The molecular formula is C14H19FO3S. The van der Waals surface area contributed by atoms with Crippen molar-refractivity contribution in [2.24, 2.45) is 0 Å². The lowest BCUT2D eigenvalue weighted by molar-refractivity contribution is 0.0982. The highest BCUT2D eigenvalue weighted by atomic mass is 32.2. The maximum absolute atomic E-state index is 12.7. The van der Waals surface area contributed by atoms with Crippen LogP contribution in [0.3, 0.4) is 0 Å². The van der Waals surface area contributed by atoms with Crippen LogP contribution in [0, 0.1) is 5.82 Å². The number of ketones is 1. The summed E-state index contributed by atoms with van der Waals surface area (Å²) in [5.41, 5.74) is 0.506. The minimum Gasteiger partial charge on any atom is -0.385 e. The lowest BCUT2D eigenvalue weighted by Gasteiger charge is -2.03. The van der Waals surface area contributed by atoms with E-state index in [9.17, 15) is 13.4 Å². The molecular weight excluding hydrogens is 267 g/mol. The molecule has 0 heterocycles. The topological polar surface area (TPSA) is 43.4 Å². The molecule has 0 aliphatic heterocycles. The molecule has 19 heavy (non-hydrogen) atoms. The first kappa shape index (κ1) is 16.0. The van der Waals surface area contributed by atoms with Gasteiger partial charge in [-0.3, -0.25) is 9.00 Å². The molecule has 0 aliphatic carbocycles. The van der Waals surface area contributed by atoms with Gasteiger partial charge in [0.1, 0.15) is 5.82 Å². The van der Waals surface area contributed by atoms with Gasteiger partial charge in [0.15, 0.2) is 5.78 Å². The lowest BCUT2D eigenvalue weighted by Crippen LogP contribution is -2.07. The zero-order chi connectivity index (χ0) is 14.1. The van der Waals surface area contributed by atoms with Gasteiger partial charge in [-0.25, -0.2) is 4.39 Å². The molecule has 0 amide bonds. The molecule has 0 radical (unpaired) electrons.